The van der Waals surface area contributed by atoms with Crippen molar-refractivity contribution in [2.24, 2.45) is 0 Å². The second-order valence-corrected chi connectivity index (χ2v) is 8.78. The number of nitrogens with zero attached hydrogens (tertiary/aromatic N) is 1. The van der Waals surface area contributed by atoms with Gasteiger partial charge < -0.3 is 8.37 Å². The molecule has 1 heterocycles. The maximum Gasteiger partial charge on any atom is 0.448 e. The molecule has 0 saturated carbocycles. The van der Waals surface area contributed by atoms with Crippen molar-refractivity contribution in [1.29, 1.82) is 0 Å². The van der Waals surface area contributed by atoms with E-state index >= 15 is 0 Å². The number of hydrogen-bond acceptors (Lipinski definition) is 9. The zero-order chi connectivity index (χ0) is 22.5. The number of pyridine rings is 1. The summed E-state index contributed by atoms with van der Waals surface area (Å²) in [5.41, 5.74) is 2.34. The first kappa shape index (κ1) is 22.7. The van der Waals surface area contributed by atoms with Gasteiger partial charge in [-0.1, -0.05) is 30.3 Å². The fraction of sp³-hybridized carbons (Fsp3) is 0.150. The van der Waals surface area contributed by atoms with Crippen molar-refractivity contribution in [3.05, 3.63) is 89.7 Å². The summed E-state index contributed by atoms with van der Waals surface area (Å²) >= 11 is 0. The monoisotopic (exact) mass is 465 g/mol. The van der Waals surface area contributed by atoms with Crippen molar-refractivity contribution < 1.29 is 33.6 Å². The molecule has 0 N–H and O–H groups in total. The van der Waals surface area contributed by atoms with E-state index in [4.69, 9.17) is 8.37 Å². The van der Waals surface area contributed by atoms with E-state index < -0.39 is 20.8 Å². The lowest BCUT2D eigenvalue weighted by Crippen LogP contribution is -2.11. The molecule has 0 saturated heterocycles. The van der Waals surface area contributed by atoms with Crippen LogP contribution in [0.25, 0.3) is 0 Å². The molecule has 0 atom stereocenters. The maximum absolute atomic E-state index is 11.5. The molecule has 0 bridgehead atoms. The molecule has 0 unspecified atom stereocenters. The van der Waals surface area contributed by atoms with Crippen molar-refractivity contribution in [2.45, 2.75) is 5.92 Å². The van der Waals surface area contributed by atoms with Crippen LogP contribution in [0.15, 0.2) is 72.9 Å². The minimum absolute atomic E-state index is 0.0962. The van der Waals surface area contributed by atoms with Crippen LogP contribution in [-0.2, 0) is 29.2 Å². The Morgan fingerprint density at radius 2 is 1.13 bits per heavy atom. The third kappa shape index (κ3) is 6.01. The first-order valence-electron chi connectivity index (χ1n) is 8.84. The highest BCUT2D eigenvalue weighted by Crippen LogP contribution is 2.33. The van der Waals surface area contributed by atoms with Crippen LogP contribution >= 0.6 is 0 Å². The van der Waals surface area contributed by atoms with Crippen LogP contribution in [0.2, 0.25) is 0 Å². The first-order chi connectivity index (χ1) is 14.7. The molecule has 164 valence electrons. The second-order valence-electron chi connectivity index (χ2n) is 6.14. The molecule has 11 heteroatoms. The molecule has 0 fully saturated rings. The Balaban J connectivity index is 1.95. The summed E-state index contributed by atoms with van der Waals surface area (Å²) < 4.78 is 64.1. The van der Waals surface area contributed by atoms with E-state index in [1.807, 2.05) is 12.1 Å². The molecule has 0 amide bonds. The molecular weight excluding hydrogens is 446 g/mol. The van der Waals surface area contributed by atoms with Gasteiger partial charge >= 0.3 is 20.8 Å². The minimum Gasteiger partial charge on any atom is -0.362 e. The Hall–Kier alpha value is -2.99. The smallest absolute Gasteiger partial charge is 0.362 e. The average molecular weight is 466 g/mol. The summed E-state index contributed by atoms with van der Waals surface area (Å²) in [5, 5.41) is 0. The van der Waals surface area contributed by atoms with Gasteiger partial charge in [0.2, 0.25) is 0 Å². The number of hydrogen-bond donors (Lipinski definition) is 0. The highest BCUT2D eigenvalue weighted by atomic mass is 32.3. The van der Waals surface area contributed by atoms with Crippen molar-refractivity contribution >= 4 is 20.8 Å². The second kappa shape index (κ2) is 9.43. The van der Waals surface area contributed by atoms with Gasteiger partial charge in [-0.25, -0.2) is 8.37 Å². The van der Waals surface area contributed by atoms with Crippen LogP contribution in [0.3, 0.4) is 0 Å². The first-order valence-corrected chi connectivity index (χ1v) is 11.5. The van der Waals surface area contributed by atoms with Crippen LogP contribution < -0.4 is 8.37 Å². The Bertz CT molecular complexity index is 1130. The fourth-order valence-corrected chi connectivity index (χ4v) is 3.65. The lowest BCUT2D eigenvalue weighted by Gasteiger charge is -2.18. The van der Waals surface area contributed by atoms with Crippen molar-refractivity contribution in [2.75, 3.05) is 14.2 Å². The Morgan fingerprint density at radius 3 is 1.48 bits per heavy atom. The van der Waals surface area contributed by atoms with Crippen molar-refractivity contribution in [3.8, 4) is 11.5 Å². The number of aromatic nitrogens is 1. The van der Waals surface area contributed by atoms with E-state index in [1.54, 1.807) is 36.5 Å². The van der Waals surface area contributed by atoms with Crippen LogP contribution in [0.5, 0.6) is 11.5 Å². The van der Waals surface area contributed by atoms with Gasteiger partial charge in [-0.05, 0) is 47.5 Å². The highest BCUT2D eigenvalue weighted by molar-refractivity contribution is 7.82. The van der Waals surface area contributed by atoms with Gasteiger partial charge in [0.15, 0.2) is 0 Å². The molecule has 2 aromatic carbocycles. The summed E-state index contributed by atoms with van der Waals surface area (Å²) in [6, 6.07) is 18.3. The van der Waals surface area contributed by atoms with Crippen LogP contribution in [0.1, 0.15) is 22.7 Å². The Labute approximate surface area is 180 Å². The normalized spacial score (nSPS) is 12.0. The highest BCUT2D eigenvalue weighted by Gasteiger charge is 2.20. The molecule has 3 aromatic rings. The molecule has 0 radical (unpaired) electrons. The molecule has 31 heavy (non-hydrogen) atoms. The van der Waals surface area contributed by atoms with E-state index in [0.717, 1.165) is 31.0 Å². The Kier molecular flexibility index (Phi) is 6.91. The van der Waals surface area contributed by atoms with E-state index in [-0.39, 0.29) is 17.4 Å². The van der Waals surface area contributed by atoms with Gasteiger partial charge in [-0.3, -0.25) is 4.98 Å². The van der Waals surface area contributed by atoms with E-state index in [2.05, 4.69) is 13.4 Å². The van der Waals surface area contributed by atoms with E-state index in [9.17, 15) is 16.8 Å². The molecule has 9 nitrogen and oxygen atoms in total. The zero-order valence-corrected chi connectivity index (χ0v) is 18.2. The molecule has 0 aliphatic rings. The predicted molar refractivity (Wildman–Crippen MR) is 111 cm³/mol. The minimum atomic E-state index is -4.12. The molecule has 0 spiro atoms. The molecule has 0 aliphatic heterocycles. The molecular formula is C20H19NO8S2. The van der Waals surface area contributed by atoms with Gasteiger partial charge in [-0.2, -0.15) is 16.8 Å². The SMILES string of the molecule is COS(=O)(=O)Oc1ccc(C(c2ccc(OS(=O)(=O)OC)cc2)c2ccccn2)cc1. The number of benzene rings is 2. The predicted octanol–water partition coefficient (Wildman–Crippen LogP) is 2.80. The van der Waals surface area contributed by atoms with Gasteiger partial charge in [0.05, 0.1) is 25.8 Å². The van der Waals surface area contributed by atoms with E-state index in [1.165, 1.54) is 24.3 Å². The zero-order valence-electron chi connectivity index (χ0n) is 16.5. The third-order valence-corrected chi connectivity index (χ3v) is 5.82. The van der Waals surface area contributed by atoms with Crippen LogP contribution in [-0.4, -0.2) is 36.0 Å². The topological polar surface area (TPSA) is 118 Å². The van der Waals surface area contributed by atoms with Gasteiger partial charge in [0, 0.05) is 6.20 Å². The molecule has 0 aliphatic carbocycles. The quantitative estimate of drug-likeness (QED) is 0.470. The van der Waals surface area contributed by atoms with Gasteiger partial charge in [0.1, 0.15) is 11.5 Å². The summed E-state index contributed by atoms with van der Waals surface area (Å²) in [6.45, 7) is 0. The maximum atomic E-state index is 11.5. The van der Waals surface area contributed by atoms with E-state index in [0.29, 0.717) is 0 Å². The van der Waals surface area contributed by atoms with Crippen LogP contribution in [0, 0.1) is 0 Å². The summed E-state index contributed by atoms with van der Waals surface area (Å²) in [6.07, 6.45) is 1.66. The third-order valence-electron chi connectivity index (χ3n) is 4.22. The summed E-state index contributed by atoms with van der Waals surface area (Å²) in [4.78, 5) is 4.43. The average Bonchev–Trinajstić information content (AvgIpc) is 2.77. The molecule has 3 rings (SSSR count). The van der Waals surface area contributed by atoms with Gasteiger partial charge in [-0.15, -0.1) is 0 Å². The fourth-order valence-electron chi connectivity index (χ4n) is 2.82. The van der Waals surface area contributed by atoms with Crippen LogP contribution in [0.4, 0.5) is 0 Å². The standard InChI is InChI=1S/C20H19NO8S2/c1-26-30(22,23)28-17-10-6-15(7-11-17)20(19-5-3-4-14-21-19)16-8-12-18(13-9-16)29-31(24,25)27-2/h3-14,20H,1-2H3. The van der Waals surface area contributed by atoms with Gasteiger partial charge in [0.25, 0.3) is 0 Å². The molecule has 1 aromatic heterocycles. The summed E-state index contributed by atoms with van der Waals surface area (Å²) in [7, 11) is -6.22. The van der Waals surface area contributed by atoms with Crippen molar-refractivity contribution in [1.82, 2.24) is 4.98 Å². The lowest BCUT2D eigenvalue weighted by atomic mass is 9.88. The van der Waals surface area contributed by atoms with Crippen molar-refractivity contribution in [3.63, 3.8) is 0 Å². The Morgan fingerprint density at radius 1 is 0.677 bits per heavy atom. The lowest BCUT2D eigenvalue weighted by molar-refractivity contribution is 0.329. The number of rotatable bonds is 9. The summed E-state index contributed by atoms with van der Waals surface area (Å²) in [5.74, 6) is -0.125. The largest absolute Gasteiger partial charge is 0.448 e.